The van der Waals surface area contributed by atoms with Crippen LogP contribution in [-0.4, -0.2) is 53.4 Å². The number of aryl methyl sites for hydroxylation is 1. The molecule has 13 heteroatoms. The summed E-state index contributed by atoms with van der Waals surface area (Å²) in [7, 11) is 1.72. The van der Waals surface area contributed by atoms with Crippen LogP contribution in [0.5, 0.6) is 5.88 Å². The Hall–Kier alpha value is -2.96. The molecule has 0 atom stereocenters. The fourth-order valence-corrected chi connectivity index (χ4v) is 3.42. The lowest BCUT2D eigenvalue weighted by atomic mass is 9.91. The molecule has 1 aliphatic rings. The molecule has 180 valence electrons. The molecule has 2 N–H and O–H groups in total. The highest BCUT2D eigenvalue weighted by Crippen LogP contribution is 2.37. The number of carbonyl (C=O) groups excluding carboxylic acids is 1. The molecule has 0 aliphatic heterocycles. The van der Waals surface area contributed by atoms with Crippen molar-refractivity contribution in [3.63, 3.8) is 0 Å². The van der Waals surface area contributed by atoms with E-state index in [2.05, 4.69) is 20.1 Å². The lowest BCUT2D eigenvalue weighted by Crippen LogP contribution is -2.47. The smallest absolute Gasteiger partial charge is 0.416 e. The van der Waals surface area contributed by atoms with Crippen molar-refractivity contribution in [2.75, 3.05) is 4.90 Å². The van der Waals surface area contributed by atoms with Crippen LogP contribution in [0.15, 0.2) is 12.4 Å². The molecule has 0 unspecified atom stereocenters. The zero-order valence-corrected chi connectivity index (χ0v) is 19.7. The minimum Gasteiger partial charge on any atom is -0.469 e. The summed E-state index contributed by atoms with van der Waals surface area (Å²) >= 11 is 5.02. The number of anilines is 1. The maximum absolute atomic E-state index is 13.8. The van der Waals surface area contributed by atoms with E-state index in [4.69, 9.17) is 27.4 Å². The predicted octanol–water partition coefficient (Wildman–Crippen LogP) is 3.14. The molecule has 1 fully saturated rings. The minimum atomic E-state index is -2.77. The maximum Gasteiger partial charge on any atom is 0.416 e. The third-order valence-corrected chi connectivity index (χ3v) is 4.98. The van der Waals surface area contributed by atoms with Crippen molar-refractivity contribution in [1.82, 2.24) is 24.7 Å². The fraction of sp³-hybridized carbons (Fsp3) is 0.600. The number of nitrogens with zero attached hydrogens (tertiary/aromatic N) is 6. The van der Waals surface area contributed by atoms with Gasteiger partial charge in [0, 0.05) is 32.0 Å². The largest absolute Gasteiger partial charge is 0.469 e. The highest BCUT2D eigenvalue weighted by molar-refractivity contribution is 7.80. The van der Waals surface area contributed by atoms with Gasteiger partial charge < -0.3 is 15.2 Å². The van der Waals surface area contributed by atoms with Crippen molar-refractivity contribution in [2.45, 2.75) is 70.6 Å². The first-order valence-electron chi connectivity index (χ1n) is 10.4. The number of nitrogens with two attached hydrogens (primary N) is 1. The average molecular weight is 484 g/mol. The summed E-state index contributed by atoms with van der Waals surface area (Å²) in [5, 5.41) is 4.13. The van der Waals surface area contributed by atoms with E-state index in [1.165, 1.54) is 22.0 Å². The first-order valence-corrected chi connectivity index (χ1v) is 10.8. The normalized spacial score (nSPS) is 16.3. The molecule has 1 aliphatic carbocycles. The van der Waals surface area contributed by atoms with Crippen molar-refractivity contribution in [3.8, 4) is 5.88 Å². The number of aromatic nitrogens is 5. The third-order valence-electron chi connectivity index (χ3n) is 4.79. The molecule has 0 radical (unpaired) electrons. The zero-order valence-electron chi connectivity index (χ0n) is 18.9. The Balaban J connectivity index is 1.95. The van der Waals surface area contributed by atoms with Crippen molar-refractivity contribution in [2.24, 2.45) is 12.8 Å². The van der Waals surface area contributed by atoms with Gasteiger partial charge in [0.2, 0.25) is 11.8 Å². The molecule has 33 heavy (non-hydrogen) atoms. The van der Waals surface area contributed by atoms with Gasteiger partial charge in [-0.15, -0.1) is 0 Å². The molecule has 0 spiro atoms. The van der Waals surface area contributed by atoms with Crippen molar-refractivity contribution in [1.29, 1.82) is 0 Å². The molecule has 1 saturated carbocycles. The molecule has 1 amide bonds. The summed E-state index contributed by atoms with van der Waals surface area (Å²) in [5.74, 6) is -2.21. The van der Waals surface area contributed by atoms with Crippen LogP contribution in [0.25, 0.3) is 0 Å². The fourth-order valence-electron chi connectivity index (χ4n) is 3.33. The summed E-state index contributed by atoms with van der Waals surface area (Å²) in [4.78, 5) is 26.8. The van der Waals surface area contributed by atoms with Gasteiger partial charge in [0.25, 0.3) is 0 Å². The molecule has 2 heterocycles. The van der Waals surface area contributed by atoms with E-state index in [9.17, 15) is 13.6 Å². The standard InChI is InChI=1S/C20H27F2N7O3S/c1-19(2,3)32-18(30)29(12-5-7-20(21,22)8-6-12)14-9-15(26-17(25-14)16(23)33)31-10-13-24-11-28(4)27-13/h9,11-12H,5-8,10H2,1-4H3,(H2,23,33). The topological polar surface area (TPSA) is 121 Å². The number of alkyl halides is 2. The highest BCUT2D eigenvalue weighted by atomic mass is 32.1. The molecule has 0 saturated heterocycles. The van der Waals surface area contributed by atoms with Gasteiger partial charge in [-0.2, -0.15) is 10.1 Å². The number of halogens is 2. The first kappa shape index (κ1) is 24.7. The Morgan fingerprint density at radius 1 is 1.33 bits per heavy atom. The third kappa shape index (κ3) is 6.76. The van der Waals surface area contributed by atoms with Crippen LogP contribution < -0.4 is 15.4 Å². The van der Waals surface area contributed by atoms with Gasteiger partial charge in [-0.1, -0.05) is 12.2 Å². The van der Waals surface area contributed by atoms with Crippen LogP contribution in [0.4, 0.5) is 19.4 Å². The van der Waals surface area contributed by atoms with Gasteiger partial charge in [0.15, 0.2) is 18.3 Å². The van der Waals surface area contributed by atoms with Gasteiger partial charge in [-0.3, -0.25) is 9.58 Å². The van der Waals surface area contributed by atoms with Crippen LogP contribution in [0.2, 0.25) is 0 Å². The van der Waals surface area contributed by atoms with E-state index in [-0.39, 0.29) is 54.8 Å². The Labute approximate surface area is 195 Å². The first-order chi connectivity index (χ1) is 15.3. The molecular weight excluding hydrogens is 456 g/mol. The van der Waals surface area contributed by atoms with Gasteiger partial charge in [0.05, 0.1) is 0 Å². The van der Waals surface area contributed by atoms with E-state index in [0.29, 0.717) is 5.82 Å². The Morgan fingerprint density at radius 3 is 2.55 bits per heavy atom. The average Bonchev–Trinajstić information content (AvgIpc) is 3.11. The van der Waals surface area contributed by atoms with Crippen molar-refractivity contribution < 1.29 is 23.0 Å². The van der Waals surface area contributed by atoms with E-state index in [0.717, 1.165) is 0 Å². The molecule has 2 aromatic rings. The van der Waals surface area contributed by atoms with E-state index < -0.39 is 23.7 Å². The number of rotatable bonds is 6. The number of amides is 1. The zero-order chi connectivity index (χ0) is 24.4. The Kier molecular flexibility index (Phi) is 7.10. The molecular formula is C20H27F2N7O3S. The van der Waals surface area contributed by atoms with Crippen LogP contribution in [0.1, 0.15) is 58.1 Å². The minimum absolute atomic E-state index is 0.00381. The lowest BCUT2D eigenvalue weighted by molar-refractivity contribution is -0.0388. The van der Waals surface area contributed by atoms with Crippen molar-refractivity contribution >= 4 is 29.1 Å². The van der Waals surface area contributed by atoms with E-state index in [1.54, 1.807) is 27.8 Å². The molecule has 3 rings (SSSR count). The SMILES string of the molecule is Cn1cnc(COc2cc(N(C(=O)OC(C)(C)C)C3CCC(F)(F)CC3)nc(C(N)=S)n2)n1. The second-order valence-corrected chi connectivity index (χ2v) is 9.25. The quantitative estimate of drug-likeness (QED) is 0.618. The van der Waals surface area contributed by atoms with Crippen LogP contribution in [-0.2, 0) is 18.4 Å². The monoisotopic (exact) mass is 483 g/mol. The Morgan fingerprint density at radius 2 is 2.00 bits per heavy atom. The van der Waals surface area contributed by atoms with Crippen molar-refractivity contribution in [3.05, 3.63) is 24.0 Å². The van der Waals surface area contributed by atoms with Gasteiger partial charge >= 0.3 is 6.09 Å². The van der Waals surface area contributed by atoms with Gasteiger partial charge in [-0.25, -0.2) is 23.5 Å². The number of ether oxygens (including phenoxy) is 2. The summed E-state index contributed by atoms with van der Waals surface area (Å²) in [5.41, 5.74) is 4.93. The molecule has 0 aromatic carbocycles. The number of carbonyl (C=O) groups is 1. The van der Waals surface area contributed by atoms with Gasteiger partial charge in [-0.05, 0) is 33.6 Å². The summed E-state index contributed by atoms with van der Waals surface area (Å²) in [6.07, 6.45) is 0.257. The van der Waals surface area contributed by atoms with E-state index >= 15 is 0 Å². The highest BCUT2D eigenvalue weighted by Gasteiger charge is 2.40. The number of thiocarbonyl (C=S) groups is 1. The molecule has 2 aromatic heterocycles. The second kappa shape index (κ2) is 9.49. The van der Waals surface area contributed by atoms with Gasteiger partial charge in [0.1, 0.15) is 22.7 Å². The van der Waals surface area contributed by atoms with Crippen LogP contribution >= 0.6 is 12.2 Å². The lowest BCUT2D eigenvalue weighted by Gasteiger charge is -2.37. The number of hydrogen-bond acceptors (Lipinski definition) is 8. The van der Waals surface area contributed by atoms with E-state index in [1.807, 2.05) is 0 Å². The summed E-state index contributed by atoms with van der Waals surface area (Å²) in [6, 6.07) is 0.861. The Bertz CT molecular complexity index is 1020. The van der Waals surface area contributed by atoms with Crippen LogP contribution in [0.3, 0.4) is 0 Å². The molecule has 10 nitrogen and oxygen atoms in total. The second-order valence-electron chi connectivity index (χ2n) is 8.81. The molecule has 0 bridgehead atoms. The predicted molar refractivity (Wildman–Crippen MR) is 119 cm³/mol. The number of hydrogen-bond donors (Lipinski definition) is 1. The maximum atomic E-state index is 13.8. The van der Waals surface area contributed by atoms with Crippen LogP contribution in [0, 0.1) is 0 Å². The summed E-state index contributed by atoms with van der Waals surface area (Å²) in [6.45, 7) is 5.14. The summed E-state index contributed by atoms with van der Waals surface area (Å²) < 4.78 is 40.3.